The van der Waals surface area contributed by atoms with Gasteiger partial charge in [-0.3, -0.25) is 9.36 Å². The van der Waals surface area contributed by atoms with E-state index < -0.39 is 5.69 Å². The van der Waals surface area contributed by atoms with Crippen molar-refractivity contribution in [2.24, 2.45) is 0 Å². The number of amides is 1. The molecular formula is C18H17N5O3. The molecule has 0 spiro atoms. The maximum atomic E-state index is 12.7. The average Bonchev–Trinajstić information content (AvgIpc) is 3.33. The van der Waals surface area contributed by atoms with Crippen LogP contribution in [0.4, 0.5) is 0 Å². The van der Waals surface area contributed by atoms with E-state index in [-0.39, 0.29) is 18.5 Å². The van der Waals surface area contributed by atoms with E-state index in [1.807, 2.05) is 30.3 Å². The first-order chi connectivity index (χ1) is 12.7. The molecule has 0 radical (unpaired) electrons. The maximum absolute atomic E-state index is 12.7. The van der Waals surface area contributed by atoms with Gasteiger partial charge >= 0.3 is 5.69 Å². The number of benzene rings is 1. The molecule has 0 saturated carbocycles. The Balaban J connectivity index is 1.54. The summed E-state index contributed by atoms with van der Waals surface area (Å²) in [5, 5.41) is 4.03. The molecule has 1 aliphatic heterocycles. The van der Waals surface area contributed by atoms with Gasteiger partial charge in [0.15, 0.2) is 0 Å². The predicted molar refractivity (Wildman–Crippen MR) is 91.9 cm³/mol. The summed E-state index contributed by atoms with van der Waals surface area (Å²) in [7, 11) is 0. The molecule has 1 fully saturated rings. The van der Waals surface area contributed by atoms with Gasteiger partial charge in [0, 0.05) is 24.5 Å². The lowest BCUT2D eigenvalue weighted by molar-refractivity contribution is -0.133. The van der Waals surface area contributed by atoms with Gasteiger partial charge in [-0.15, -0.1) is 0 Å². The topological polar surface area (TPSA) is 94.1 Å². The summed E-state index contributed by atoms with van der Waals surface area (Å²) in [6.07, 6.45) is 4.57. The number of hydrogen-bond acceptors (Lipinski definition) is 6. The lowest BCUT2D eigenvalue weighted by Crippen LogP contribution is -2.36. The highest BCUT2D eigenvalue weighted by Gasteiger charge is 2.34. The van der Waals surface area contributed by atoms with Crippen molar-refractivity contribution in [3.05, 3.63) is 65.2 Å². The summed E-state index contributed by atoms with van der Waals surface area (Å²) in [4.78, 5) is 34.2. The Kier molecular flexibility index (Phi) is 4.30. The molecule has 1 atom stereocenters. The Labute approximate surface area is 149 Å². The molecule has 0 aliphatic carbocycles. The minimum Gasteiger partial charge on any atom is -0.337 e. The van der Waals surface area contributed by atoms with Crippen molar-refractivity contribution >= 4 is 5.91 Å². The van der Waals surface area contributed by atoms with E-state index in [2.05, 4.69) is 15.1 Å². The monoisotopic (exact) mass is 351 g/mol. The van der Waals surface area contributed by atoms with Crippen LogP contribution in [0, 0.1) is 0 Å². The molecule has 1 amide bonds. The number of carbonyl (C=O) groups is 1. The highest BCUT2D eigenvalue weighted by molar-refractivity contribution is 5.76. The van der Waals surface area contributed by atoms with Gasteiger partial charge in [-0.1, -0.05) is 35.5 Å². The van der Waals surface area contributed by atoms with E-state index in [9.17, 15) is 9.59 Å². The second-order valence-corrected chi connectivity index (χ2v) is 6.10. The Morgan fingerprint density at radius 3 is 2.88 bits per heavy atom. The minimum absolute atomic E-state index is 0.0527. The van der Waals surface area contributed by atoms with Crippen molar-refractivity contribution in [2.45, 2.75) is 25.4 Å². The third kappa shape index (κ3) is 3.13. The quantitative estimate of drug-likeness (QED) is 0.709. The number of carbonyl (C=O) groups excluding carboxylic acids is 1. The summed E-state index contributed by atoms with van der Waals surface area (Å²) in [6, 6.07) is 10.9. The van der Waals surface area contributed by atoms with Crippen molar-refractivity contribution in [3.8, 4) is 11.4 Å². The molecule has 4 rings (SSSR count). The molecule has 2 aromatic heterocycles. The van der Waals surface area contributed by atoms with E-state index >= 15 is 0 Å². The highest BCUT2D eigenvalue weighted by Crippen LogP contribution is 2.32. The Morgan fingerprint density at radius 1 is 1.23 bits per heavy atom. The van der Waals surface area contributed by atoms with Crippen LogP contribution in [0.15, 0.2) is 58.1 Å². The van der Waals surface area contributed by atoms with Gasteiger partial charge in [0.1, 0.15) is 12.6 Å². The molecule has 1 saturated heterocycles. The molecule has 26 heavy (non-hydrogen) atoms. The molecule has 1 aliphatic rings. The molecule has 132 valence electrons. The lowest BCUT2D eigenvalue weighted by Gasteiger charge is -2.22. The lowest BCUT2D eigenvalue weighted by atomic mass is 10.2. The van der Waals surface area contributed by atoms with Crippen molar-refractivity contribution in [1.82, 2.24) is 24.6 Å². The van der Waals surface area contributed by atoms with Gasteiger partial charge in [-0.25, -0.2) is 9.78 Å². The summed E-state index contributed by atoms with van der Waals surface area (Å²) in [5.74, 6) is 0.763. The first-order valence-corrected chi connectivity index (χ1v) is 8.42. The van der Waals surface area contributed by atoms with E-state index in [1.165, 1.54) is 10.8 Å². The fourth-order valence-corrected chi connectivity index (χ4v) is 3.14. The largest absolute Gasteiger partial charge is 0.347 e. The first kappa shape index (κ1) is 16.2. The zero-order valence-corrected chi connectivity index (χ0v) is 14.0. The normalized spacial score (nSPS) is 16.8. The van der Waals surface area contributed by atoms with Crippen molar-refractivity contribution in [2.75, 3.05) is 6.54 Å². The van der Waals surface area contributed by atoms with Gasteiger partial charge in [0.05, 0.1) is 0 Å². The predicted octanol–water partition coefficient (Wildman–Crippen LogP) is 1.66. The van der Waals surface area contributed by atoms with Crippen LogP contribution in [0.3, 0.4) is 0 Å². The molecular weight excluding hydrogens is 334 g/mol. The summed E-state index contributed by atoms with van der Waals surface area (Å²) in [6.45, 7) is 0.546. The van der Waals surface area contributed by atoms with Gasteiger partial charge < -0.3 is 9.42 Å². The van der Waals surface area contributed by atoms with Gasteiger partial charge in [-0.2, -0.15) is 4.98 Å². The average molecular weight is 351 g/mol. The first-order valence-electron chi connectivity index (χ1n) is 8.42. The Bertz CT molecular complexity index is 966. The van der Waals surface area contributed by atoms with E-state index in [1.54, 1.807) is 17.2 Å². The van der Waals surface area contributed by atoms with Crippen LogP contribution in [0.25, 0.3) is 11.4 Å². The molecule has 0 bridgehead atoms. The highest BCUT2D eigenvalue weighted by atomic mass is 16.5. The van der Waals surface area contributed by atoms with E-state index in [0.29, 0.717) is 18.3 Å². The fraction of sp³-hybridized carbons (Fsp3) is 0.278. The Hall–Kier alpha value is -3.29. The minimum atomic E-state index is -0.444. The molecule has 8 nitrogen and oxygen atoms in total. The molecule has 1 aromatic carbocycles. The Morgan fingerprint density at radius 2 is 2.08 bits per heavy atom. The van der Waals surface area contributed by atoms with Crippen LogP contribution in [-0.2, 0) is 11.3 Å². The number of rotatable bonds is 4. The fourth-order valence-electron chi connectivity index (χ4n) is 3.14. The standard InChI is InChI=1S/C18H17N5O3/c24-15(12-22-10-5-9-19-18(22)25)23-11-4-8-14(23)17-20-16(21-26-17)13-6-2-1-3-7-13/h1-3,5-7,9-10,14H,4,8,11-12H2. The summed E-state index contributed by atoms with van der Waals surface area (Å²) < 4.78 is 6.71. The second-order valence-electron chi connectivity index (χ2n) is 6.10. The van der Waals surface area contributed by atoms with E-state index in [0.717, 1.165) is 18.4 Å². The molecule has 1 unspecified atom stereocenters. The van der Waals surface area contributed by atoms with Crippen molar-refractivity contribution < 1.29 is 9.32 Å². The van der Waals surface area contributed by atoms with Gasteiger partial charge in [0.25, 0.3) is 0 Å². The van der Waals surface area contributed by atoms with Crippen LogP contribution in [0.1, 0.15) is 24.8 Å². The number of likely N-dealkylation sites (tertiary alicyclic amines) is 1. The number of hydrogen-bond donors (Lipinski definition) is 0. The zero-order chi connectivity index (χ0) is 17.9. The van der Waals surface area contributed by atoms with Crippen LogP contribution in [0.5, 0.6) is 0 Å². The van der Waals surface area contributed by atoms with Crippen LogP contribution in [0.2, 0.25) is 0 Å². The van der Waals surface area contributed by atoms with Crippen molar-refractivity contribution in [1.29, 1.82) is 0 Å². The third-order valence-electron chi connectivity index (χ3n) is 4.42. The van der Waals surface area contributed by atoms with Gasteiger partial charge in [0.2, 0.25) is 17.6 Å². The third-order valence-corrected chi connectivity index (χ3v) is 4.42. The van der Waals surface area contributed by atoms with Gasteiger partial charge in [-0.05, 0) is 18.9 Å². The molecule has 0 N–H and O–H groups in total. The smallest absolute Gasteiger partial charge is 0.337 e. The molecule has 3 aromatic rings. The van der Waals surface area contributed by atoms with Crippen molar-refractivity contribution in [3.63, 3.8) is 0 Å². The number of aromatic nitrogens is 4. The second kappa shape index (κ2) is 6.91. The molecule has 3 heterocycles. The maximum Gasteiger partial charge on any atom is 0.347 e. The number of nitrogens with zero attached hydrogens (tertiary/aromatic N) is 5. The summed E-state index contributed by atoms with van der Waals surface area (Å²) in [5.41, 5.74) is 0.418. The van der Waals surface area contributed by atoms with Crippen LogP contribution >= 0.6 is 0 Å². The van der Waals surface area contributed by atoms with Crippen LogP contribution in [-0.4, -0.2) is 37.0 Å². The SMILES string of the molecule is O=C(Cn1cccnc1=O)N1CCCC1c1nc(-c2ccccc2)no1. The zero-order valence-electron chi connectivity index (χ0n) is 14.0. The van der Waals surface area contributed by atoms with E-state index in [4.69, 9.17) is 4.52 Å². The van der Waals surface area contributed by atoms with Crippen LogP contribution < -0.4 is 5.69 Å². The summed E-state index contributed by atoms with van der Waals surface area (Å²) >= 11 is 0. The molecule has 8 heteroatoms.